The van der Waals surface area contributed by atoms with Gasteiger partial charge in [-0.3, -0.25) is 0 Å². The fourth-order valence-corrected chi connectivity index (χ4v) is 1.95. The Labute approximate surface area is 96.2 Å². The summed E-state index contributed by atoms with van der Waals surface area (Å²) in [6.45, 7) is 4.79. The highest BCUT2D eigenvalue weighted by Gasteiger charge is 2.27. The van der Waals surface area contributed by atoms with E-state index in [0.29, 0.717) is 0 Å². The van der Waals surface area contributed by atoms with Crippen molar-refractivity contribution in [2.24, 2.45) is 11.1 Å². The zero-order valence-electron chi connectivity index (χ0n) is 9.86. The maximum Gasteiger partial charge on any atom is 0.122 e. The molecule has 1 aromatic carbocycles. The van der Waals surface area contributed by atoms with Crippen LogP contribution in [-0.2, 0) is 6.42 Å². The van der Waals surface area contributed by atoms with Gasteiger partial charge >= 0.3 is 0 Å². The summed E-state index contributed by atoms with van der Waals surface area (Å²) in [4.78, 5) is 0. The standard InChI is InChI=1S/C13H19NO2/c1-13(2,8-15)12(14)10-3-4-11-9(7-10)5-6-16-11/h3-4,7,12,15H,5-6,8,14H2,1-2H3/t12-/m1/s1. The first-order chi connectivity index (χ1) is 7.54. The highest BCUT2D eigenvalue weighted by molar-refractivity contribution is 5.41. The highest BCUT2D eigenvalue weighted by Crippen LogP contribution is 2.34. The molecule has 0 amide bonds. The molecule has 0 bridgehead atoms. The van der Waals surface area contributed by atoms with Crippen molar-refractivity contribution < 1.29 is 9.84 Å². The lowest BCUT2D eigenvalue weighted by Gasteiger charge is -2.30. The number of aliphatic hydroxyl groups excluding tert-OH is 1. The molecule has 0 saturated carbocycles. The van der Waals surface area contributed by atoms with Crippen LogP contribution in [0.3, 0.4) is 0 Å². The molecule has 0 unspecified atom stereocenters. The lowest BCUT2D eigenvalue weighted by atomic mass is 9.81. The molecule has 3 heteroatoms. The number of nitrogens with two attached hydrogens (primary N) is 1. The Bertz CT molecular complexity index is 388. The average molecular weight is 221 g/mol. The first-order valence-corrected chi connectivity index (χ1v) is 5.66. The van der Waals surface area contributed by atoms with Gasteiger partial charge in [0.25, 0.3) is 0 Å². The molecule has 1 atom stereocenters. The minimum Gasteiger partial charge on any atom is -0.493 e. The minimum absolute atomic E-state index is 0.0851. The Morgan fingerprint density at radius 3 is 2.94 bits per heavy atom. The van der Waals surface area contributed by atoms with E-state index in [4.69, 9.17) is 10.5 Å². The van der Waals surface area contributed by atoms with Crippen LogP contribution < -0.4 is 10.5 Å². The number of rotatable bonds is 3. The molecule has 1 aromatic rings. The van der Waals surface area contributed by atoms with Crippen molar-refractivity contribution in [2.45, 2.75) is 26.3 Å². The van der Waals surface area contributed by atoms with Crippen molar-refractivity contribution >= 4 is 0 Å². The molecule has 0 aliphatic carbocycles. The summed E-state index contributed by atoms with van der Waals surface area (Å²) in [6.07, 6.45) is 0.954. The van der Waals surface area contributed by atoms with Crippen LogP contribution in [0.15, 0.2) is 18.2 Å². The van der Waals surface area contributed by atoms with Gasteiger partial charge in [0, 0.05) is 24.5 Å². The van der Waals surface area contributed by atoms with Gasteiger partial charge in [0.05, 0.1) is 6.61 Å². The molecule has 1 heterocycles. The topological polar surface area (TPSA) is 55.5 Å². The Balaban J connectivity index is 2.28. The predicted octanol–water partition coefficient (Wildman–Crippen LogP) is 1.64. The van der Waals surface area contributed by atoms with Crippen LogP contribution in [0.2, 0.25) is 0 Å². The van der Waals surface area contributed by atoms with Crippen LogP contribution in [0.1, 0.15) is 31.0 Å². The van der Waals surface area contributed by atoms with Gasteiger partial charge in [0.2, 0.25) is 0 Å². The SMILES string of the molecule is CC(C)(CO)[C@H](N)c1ccc2c(c1)CCO2. The predicted molar refractivity (Wildman–Crippen MR) is 63.4 cm³/mol. The summed E-state index contributed by atoms with van der Waals surface area (Å²) in [7, 11) is 0. The summed E-state index contributed by atoms with van der Waals surface area (Å²) in [6, 6.07) is 5.92. The molecule has 3 nitrogen and oxygen atoms in total. The van der Waals surface area contributed by atoms with Crippen LogP contribution in [0.5, 0.6) is 5.75 Å². The van der Waals surface area contributed by atoms with Crippen molar-refractivity contribution in [3.63, 3.8) is 0 Å². The zero-order chi connectivity index (χ0) is 11.8. The first kappa shape index (κ1) is 11.4. The molecule has 1 aliphatic heterocycles. The van der Waals surface area contributed by atoms with Crippen molar-refractivity contribution in [1.29, 1.82) is 0 Å². The third-order valence-corrected chi connectivity index (χ3v) is 3.32. The molecule has 0 fully saturated rings. The van der Waals surface area contributed by atoms with Crippen molar-refractivity contribution in [3.05, 3.63) is 29.3 Å². The maximum atomic E-state index is 9.31. The summed E-state index contributed by atoms with van der Waals surface area (Å²) in [5.74, 6) is 0.970. The molecule has 1 aliphatic rings. The number of ether oxygens (including phenoxy) is 1. The second kappa shape index (κ2) is 4.07. The Hall–Kier alpha value is -1.06. The Kier molecular flexibility index (Phi) is 2.91. The molecule has 16 heavy (non-hydrogen) atoms. The van der Waals surface area contributed by atoms with E-state index in [1.54, 1.807) is 0 Å². The normalized spacial score (nSPS) is 16.8. The van der Waals surface area contributed by atoms with E-state index < -0.39 is 0 Å². The number of fused-ring (bicyclic) bond motifs is 1. The van der Waals surface area contributed by atoms with Crippen LogP contribution in [0.4, 0.5) is 0 Å². The van der Waals surface area contributed by atoms with Gasteiger partial charge in [-0.05, 0) is 17.2 Å². The second-order valence-electron chi connectivity index (χ2n) is 5.09. The van der Waals surface area contributed by atoms with Crippen LogP contribution in [0.25, 0.3) is 0 Å². The third kappa shape index (κ3) is 1.93. The fraction of sp³-hybridized carbons (Fsp3) is 0.538. The lowest BCUT2D eigenvalue weighted by Crippen LogP contribution is -2.32. The van der Waals surface area contributed by atoms with E-state index in [9.17, 15) is 5.11 Å². The number of hydrogen-bond acceptors (Lipinski definition) is 3. The minimum atomic E-state index is -0.298. The maximum absolute atomic E-state index is 9.31. The average Bonchev–Trinajstić information content (AvgIpc) is 2.74. The van der Waals surface area contributed by atoms with Gasteiger partial charge in [-0.25, -0.2) is 0 Å². The van der Waals surface area contributed by atoms with Gasteiger partial charge in [-0.15, -0.1) is 0 Å². The summed E-state index contributed by atoms with van der Waals surface area (Å²) in [5.41, 5.74) is 8.17. The number of aliphatic hydroxyl groups is 1. The van der Waals surface area contributed by atoms with Crippen molar-refractivity contribution in [2.75, 3.05) is 13.2 Å². The van der Waals surface area contributed by atoms with Crippen molar-refractivity contribution in [3.8, 4) is 5.75 Å². The third-order valence-electron chi connectivity index (χ3n) is 3.32. The molecule has 0 radical (unpaired) electrons. The second-order valence-corrected chi connectivity index (χ2v) is 5.09. The molecule has 0 saturated heterocycles. The number of benzene rings is 1. The van der Waals surface area contributed by atoms with E-state index in [-0.39, 0.29) is 18.1 Å². The molecule has 3 N–H and O–H groups in total. The monoisotopic (exact) mass is 221 g/mol. The summed E-state index contributed by atoms with van der Waals surface area (Å²) < 4.78 is 5.45. The zero-order valence-corrected chi connectivity index (χ0v) is 9.86. The summed E-state index contributed by atoms with van der Waals surface area (Å²) in [5, 5.41) is 9.31. The van der Waals surface area contributed by atoms with Gasteiger partial charge in [-0.2, -0.15) is 0 Å². The van der Waals surface area contributed by atoms with Gasteiger partial charge in [0.1, 0.15) is 5.75 Å². The lowest BCUT2D eigenvalue weighted by molar-refractivity contribution is 0.132. The van der Waals surface area contributed by atoms with Gasteiger partial charge in [-0.1, -0.05) is 26.0 Å². The Morgan fingerprint density at radius 2 is 2.25 bits per heavy atom. The van der Waals surface area contributed by atoms with Gasteiger partial charge in [0.15, 0.2) is 0 Å². The fourth-order valence-electron chi connectivity index (χ4n) is 1.95. The molecular formula is C13H19NO2. The van der Waals surface area contributed by atoms with Crippen LogP contribution >= 0.6 is 0 Å². The molecule has 2 rings (SSSR count). The van der Waals surface area contributed by atoms with E-state index in [2.05, 4.69) is 6.07 Å². The molecular weight excluding hydrogens is 202 g/mol. The van der Waals surface area contributed by atoms with E-state index >= 15 is 0 Å². The van der Waals surface area contributed by atoms with Crippen molar-refractivity contribution in [1.82, 2.24) is 0 Å². The van der Waals surface area contributed by atoms with Gasteiger partial charge < -0.3 is 15.6 Å². The first-order valence-electron chi connectivity index (χ1n) is 5.66. The Morgan fingerprint density at radius 1 is 1.50 bits per heavy atom. The van der Waals surface area contributed by atoms with E-state index in [1.807, 2.05) is 26.0 Å². The van der Waals surface area contributed by atoms with Crippen LogP contribution in [0, 0.1) is 5.41 Å². The van der Waals surface area contributed by atoms with Crippen LogP contribution in [-0.4, -0.2) is 18.3 Å². The largest absolute Gasteiger partial charge is 0.493 e. The molecule has 88 valence electrons. The van der Waals surface area contributed by atoms with E-state index in [0.717, 1.165) is 24.3 Å². The number of hydrogen-bond donors (Lipinski definition) is 2. The summed E-state index contributed by atoms with van der Waals surface area (Å²) >= 11 is 0. The van der Waals surface area contributed by atoms with E-state index in [1.165, 1.54) is 5.56 Å². The quantitative estimate of drug-likeness (QED) is 0.815. The molecule has 0 spiro atoms. The smallest absolute Gasteiger partial charge is 0.122 e. The molecule has 0 aromatic heterocycles. The highest BCUT2D eigenvalue weighted by atomic mass is 16.5.